The molecule has 0 radical (unpaired) electrons. The number of nitrogens with zero attached hydrogens (tertiary/aromatic N) is 3. The summed E-state index contributed by atoms with van der Waals surface area (Å²) < 4.78 is 0. The third-order valence-corrected chi connectivity index (χ3v) is 6.24. The third kappa shape index (κ3) is 5.36. The molecule has 2 aromatic carbocycles. The van der Waals surface area contributed by atoms with E-state index in [1.165, 1.54) is 0 Å². The summed E-state index contributed by atoms with van der Waals surface area (Å²) in [6, 6.07) is 29.9. The first kappa shape index (κ1) is 23.1. The van der Waals surface area contributed by atoms with Crippen LogP contribution < -0.4 is 5.32 Å². The molecule has 0 bridgehead atoms. The Morgan fingerprint density at radius 1 is 0.722 bits per heavy atom. The summed E-state index contributed by atoms with van der Waals surface area (Å²) >= 11 is 0. The lowest BCUT2D eigenvalue weighted by Crippen LogP contribution is -2.25. The van der Waals surface area contributed by atoms with Gasteiger partial charge in [0.1, 0.15) is 0 Å². The Morgan fingerprint density at radius 3 is 2.08 bits per heavy atom. The Balaban J connectivity index is 1.57. The maximum Gasteiger partial charge on any atom is 0.251 e. The van der Waals surface area contributed by atoms with Crippen molar-refractivity contribution in [1.82, 2.24) is 20.3 Å². The van der Waals surface area contributed by atoms with E-state index in [1.807, 2.05) is 73.1 Å². The van der Waals surface area contributed by atoms with Crippen LogP contribution in [0.1, 0.15) is 38.7 Å². The summed E-state index contributed by atoms with van der Waals surface area (Å²) in [5, 5.41) is 3.06. The second kappa shape index (κ2) is 11.2. The van der Waals surface area contributed by atoms with Crippen molar-refractivity contribution in [1.29, 1.82) is 0 Å². The highest BCUT2D eigenvalue weighted by atomic mass is 16.1. The fraction of sp³-hybridized carbons (Fsp3) is 0.0968. The minimum Gasteiger partial charge on any atom is -0.346 e. The van der Waals surface area contributed by atoms with Crippen LogP contribution in [0.3, 0.4) is 0 Å². The van der Waals surface area contributed by atoms with Crippen LogP contribution >= 0.6 is 0 Å². The molecule has 5 heteroatoms. The molecule has 0 saturated heterocycles. The standard InChI is InChI=1S/C31H26N4O/c36-31(35-22-26-13-4-5-18-34-26)28-15-6-14-27(23-9-2-1-3-10-23)30(28)19-29(24-11-7-16-32-20-24)25-12-8-17-33-21-25/h1-18,20-21,29H,19,22H2,(H,35,36). The molecule has 0 saturated carbocycles. The summed E-state index contributed by atoms with van der Waals surface area (Å²) in [6.45, 7) is 0.364. The lowest BCUT2D eigenvalue weighted by Gasteiger charge is -2.22. The highest BCUT2D eigenvalue weighted by Gasteiger charge is 2.22. The van der Waals surface area contributed by atoms with E-state index in [-0.39, 0.29) is 11.8 Å². The molecule has 1 N–H and O–H groups in total. The summed E-state index contributed by atoms with van der Waals surface area (Å²) in [7, 11) is 0. The lowest BCUT2D eigenvalue weighted by atomic mass is 9.83. The van der Waals surface area contributed by atoms with Crippen molar-refractivity contribution in [3.63, 3.8) is 0 Å². The molecule has 0 spiro atoms. The van der Waals surface area contributed by atoms with Crippen LogP contribution in [-0.2, 0) is 13.0 Å². The van der Waals surface area contributed by atoms with Gasteiger partial charge in [-0.25, -0.2) is 0 Å². The molecule has 176 valence electrons. The Labute approximate surface area is 210 Å². The largest absolute Gasteiger partial charge is 0.346 e. The molecule has 5 aromatic rings. The van der Waals surface area contributed by atoms with Gasteiger partial charge in [-0.2, -0.15) is 0 Å². The number of nitrogens with one attached hydrogen (secondary N) is 1. The fourth-order valence-electron chi connectivity index (χ4n) is 4.47. The zero-order chi connectivity index (χ0) is 24.6. The van der Waals surface area contributed by atoms with Crippen LogP contribution in [0, 0.1) is 0 Å². The predicted molar refractivity (Wildman–Crippen MR) is 141 cm³/mol. The Morgan fingerprint density at radius 2 is 1.44 bits per heavy atom. The number of hydrogen-bond acceptors (Lipinski definition) is 4. The molecule has 3 aromatic heterocycles. The van der Waals surface area contributed by atoms with E-state index >= 15 is 0 Å². The summed E-state index contributed by atoms with van der Waals surface area (Å²) in [6.07, 6.45) is 9.69. The van der Waals surface area contributed by atoms with E-state index < -0.39 is 0 Å². The van der Waals surface area contributed by atoms with Gasteiger partial charge in [0.2, 0.25) is 0 Å². The Kier molecular flexibility index (Phi) is 7.19. The molecule has 3 heterocycles. The topological polar surface area (TPSA) is 67.8 Å². The molecule has 5 nitrogen and oxygen atoms in total. The molecular formula is C31H26N4O. The van der Waals surface area contributed by atoms with E-state index in [9.17, 15) is 4.79 Å². The first-order valence-corrected chi connectivity index (χ1v) is 11.9. The van der Waals surface area contributed by atoms with Gasteiger partial charge in [0.25, 0.3) is 5.91 Å². The second-order valence-electron chi connectivity index (χ2n) is 8.53. The van der Waals surface area contributed by atoms with Gasteiger partial charge in [0.05, 0.1) is 12.2 Å². The van der Waals surface area contributed by atoms with E-state index in [4.69, 9.17) is 0 Å². The van der Waals surface area contributed by atoms with Crippen molar-refractivity contribution in [3.05, 3.63) is 150 Å². The fourth-order valence-corrected chi connectivity index (χ4v) is 4.47. The number of amides is 1. The normalized spacial score (nSPS) is 10.8. The average molecular weight is 471 g/mol. The first-order chi connectivity index (χ1) is 17.8. The van der Waals surface area contributed by atoms with Crippen molar-refractivity contribution >= 4 is 5.91 Å². The number of pyridine rings is 3. The molecule has 0 unspecified atom stereocenters. The quantitative estimate of drug-likeness (QED) is 0.309. The van der Waals surface area contributed by atoms with Crippen molar-refractivity contribution in [2.45, 2.75) is 18.9 Å². The Bertz CT molecular complexity index is 1370. The van der Waals surface area contributed by atoms with E-state index in [2.05, 4.69) is 50.6 Å². The van der Waals surface area contributed by atoms with Gasteiger partial charge in [-0.05, 0) is 64.6 Å². The number of rotatable bonds is 8. The van der Waals surface area contributed by atoms with Crippen LogP contribution in [0.25, 0.3) is 11.1 Å². The molecule has 1 amide bonds. The number of hydrogen-bond donors (Lipinski definition) is 1. The second-order valence-corrected chi connectivity index (χ2v) is 8.53. The van der Waals surface area contributed by atoms with Gasteiger partial charge in [-0.1, -0.05) is 60.7 Å². The van der Waals surface area contributed by atoms with Gasteiger partial charge in [-0.15, -0.1) is 0 Å². The SMILES string of the molecule is O=C(NCc1ccccn1)c1cccc(-c2ccccc2)c1CC(c1cccnc1)c1cccnc1. The minimum absolute atomic E-state index is 0.0143. The lowest BCUT2D eigenvalue weighted by molar-refractivity contribution is 0.0949. The van der Waals surface area contributed by atoms with Crippen LogP contribution in [0.4, 0.5) is 0 Å². The van der Waals surface area contributed by atoms with E-state index in [0.717, 1.165) is 33.5 Å². The zero-order valence-corrected chi connectivity index (χ0v) is 19.8. The van der Waals surface area contributed by atoms with Gasteiger partial charge in [-0.3, -0.25) is 19.7 Å². The average Bonchev–Trinajstić information content (AvgIpc) is 2.96. The molecule has 0 aliphatic heterocycles. The maximum absolute atomic E-state index is 13.5. The van der Waals surface area contributed by atoms with Gasteiger partial charge in [0, 0.05) is 42.5 Å². The van der Waals surface area contributed by atoms with Crippen molar-refractivity contribution in [2.75, 3.05) is 0 Å². The predicted octanol–water partition coefficient (Wildman–Crippen LogP) is 5.84. The number of benzene rings is 2. The van der Waals surface area contributed by atoms with Gasteiger partial charge in [0.15, 0.2) is 0 Å². The van der Waals surface area contributed by atoms with Crippen LogP contribution in [0.5, 0.6) is 0 Å². The maximum atomic E-state index is 13.5. The van der Waals surface area contributed by atoms with E-state index in [1.54, 1.807) is 18.6 Å². The highest BCUT2D eigenvalue weighted by molar-refractivity contribution is 5.97. The zero-order valence-electron chi connectivity index (χ0n) is 19.8. The summed E-state index contributed by atoms with van der Waals surface area (Å²) in [5.41, 5.74) is 6.73. The number of aromatic nitrogens is 3. The van der Waals surface area contributed by atoms with Gasteiger partial charge >= 0.3 is 0 Å². The van der Waals surface area contributed by atoms with Crippen LogP contribution in [0.15, 0.2) is 122 Å². The van der Waals surface area contributed by atoms with Crippen molar-refractivity contribution in [2.24, 2.45) is 0 Å². The summed E-state index contributed by atoms with van der Waals surface area (Å²) in [4.78, 5) is 26.6. The first-order valence-electron chi connectivity index (χ1n) is 11.9. The van der Waals surface area contributed by atoms with Crippen molar-refractivity contribution in [3.8, 4) is 11.1 Å². The summed E-state index contributed by atoms with van der Waals surface area (Å²) in [5.74, 6) is -0.135. The molecule has 36 heavy (non-hydrogen) atoms. The Hall–Kier alpha value is -4.64. The minimum atomic E-state index is -0.121. The molecule has 0 atom stereocenters. The van der Waals surface area contributed by atoms with Crippen molar-refractivity contribution < 1.29 is 4.79 Å². The van der Waals surface area contributed by atoms with Crippen LogP contribution in [0.2, 0.25) is 0 Å². The highest BCUT2D eigenvalue weighted by Crippen LogP contribution is 2.34. The number of carbonyl (C=O) groups is 1. The van der Waals surface area contributed by atoms with Crippen LogP contribution in [-0.4, -0.2) is 20.9 Å². The third-order valence-electron chi connectivity index (χ3n) is 6.24. The molecule has 0 aliphatic rings. The molecule has 5 rings (SSSR count). The number of carbonyl (C=O) groups excluding carboxylic acids is 1. The van der Waals surface area contributed by atoms with Gasteiger partial charge < -0.3 is 5.32 Å². The van der Waals surface area contributed by atoms with E-state index in [0.29, 0.717) is 18.5 Å². The smallest absolute Gasteiger partial charge is 0.251 e. The molecular weight excluding hydrogens is 444 g/mol. The monoisotopic (exact) mass is 470 g/mol. The molecule has 0 fully saturated rings. The molecule has 0 aliphatic carbocycles.